The first-order chi connectivity index (χ1) is 5.85. The average molecular weight is 225 g/mol. The van der Waals surface area contributed by atoms with Gasteiger partial charge in [0.2, 0.25) is 10.0 Å². The first kappa shape index (κ1) is 12.3. The van der Waals surface area contributed by atoms with Gasteiger partial charge in [0.1, 0.15) is 4.99 Å². The molecule has 1 N–H and O–H groups in total. The molecule has 76 valence electrons. The van der Waals surface area contributed by atoms with Crippen LogP contribution in [0.15, 0.2) is 0 Å². The van der Waals surface area contributed by atoms with E-state index in [1.165, 1.54) is 0 Å². The van der Waals surface area contributed by atoms with Gasteiger partial charge < -0.3 is 4.74 Å². The second-order valence-electron chi connectivity index (χ2n) is 2.28. The van der Waals surface area contributed by atoms with Gasteiger partial charge in [-0.15, -0.1) is 0 Å². The van der Waals surface area contributed by atoms with Gasteiger partial charge >= 0.3 is 5.97 Å². The van der Waals surface area contributed by atoms with E-state index >= 15 is 0 Å². The Hall–Kier alpha value is -0.690. The van der Waals surface area contributed by atoms with Gasteiger partial charge in [-0.2, -0.15) is 0 Å². The quantitative estimate of drug-likeness (QED) is 0.530. The molecular weight excluding hydrogens is 214 g/mol. The molecule has 0 heterocycles. The number of esters is 1. The minimum Gasteiger partial charge on any atom is -0.466 e. The van der Waals surface area contributed by atoms with Crippen molar-refractivity contribution in [1.29, 1.82) is 0 Å². The van der Waals surface area contributed by atoms with Crippen molar-refractivity contribution in [3.05, 3.63) is 0 Å². The van der Waals surface area contributed by atoms with Gasteiger partial charge in [-0.3, -0.25) is 9.52 Å². The third-order valence-electron chi connectivity index (χ3n) is 0.909. The fourth-order valence-corrected chi connectivity index (χ4v) is 1.64. The second-order valence-corrected chi connectivity index (χ2v) is 4.52. The molecule has 0 rings (SSSR count). The molecule has 0 fully saturated rings. The molecule has 0 aromatic heterocycles. The first-order valence-corrected chi connectivity index (χ1v) is 5.81. The van der Waals surface area contributed by atoms with Gasteiger partial charge in [-0.25, -0.2) is 8.42 Å². The van der Waals surface area contributed by atoms with Crippen molar-refractivity contribution < 1.29 is 17.9 Å². The minimum absolute atomic E-state index is 0.0547. The van der Waals surface area contributed by atoms with Gasteiger partial charge in [0, 0.05) is 0 Å². The van der Waals surface area contributed by atoms with Crippen LogP contribution in [0.1, 0.15) is 13.3 Å². The Morgan fingerprint density at radius 3 is 2.46 bits per heavy atom. The highest BCUT2D eigenvalue weighted by Gasteiger charge is 2.09. The second kappa shape index (κ2) is 5.13. The maximum atomic E-state index is 10.8. The van der Waals surface area contributed by atoms with E-state index in [4.69, 9.17) is 0 Å². The van der Waals surface area contributed by atoms with Crippen molar-refractivity contribution in [3.63, 3.8) is 0 Å². The summed E-state index contributed by atoms with van der Waals surface area (Å²) in [4.78, 5) is 10.7. The lowest BCUT2D eigenvalue weighted by Gasteiger charge is -2.04. The fourth-order valence-electron chi connectivity index (χ4n) is 0.586. The molecule has 0 aromatic carbocycles. The summed E-state index contributed by atoms with van der Waals surface area (Å²) in [6, 6.07) is 0. The highest BCUT2D eigenvalue weighted by atomic mass is 32.2. The van der Waals surface area contributed by atoms with Crippen LogP contribution in [0.5, 0.6) is 0 Å². The van der Waals surface area contributed by atoms with Gasteiger partial charge in [-0.05, 0) is 6.92 Å². The first-order valence-electron chi connectivity index (χ1n) is 3.51. The topological polar surface area (TPSA) is 72.5 Å². The highest BCUT2D eigenvalue weighted by Crippen LogP contribution is 1.90. The van der Waals surface area contributed by atoms with Crippen molar-refractivity contribution in [3.8, 4) is 0 Å². The van der Waals surface area contributed by atoms with E-state index in [2.05, 4.69) is 17.0 Å². The van der Waals surface area contributed by atoms with Crippen LogP contribution in [0.3, 0.4) is 0 Å². The Morgan fingerprint density at radius 1 is 1.54 bits per heavy atom. The summed E-state index contributed by atoms with van der Waals surface area (Å²) in [5, 5.41) is 0. The lowest BCUT2D eigenvalue weighted by molar-refractivity contribution is -0.141. The Labute approximate surface area is 82.5 Å². The van der Waals surface area contributed by atoms with Gasteiger partial charge in [0.15, 0.2) is 0 Å². The van der Waals surface area contributed by atoms with Gasteiger partial charge in [0.25, 0.3) is 0 Å². The molecule has 7 heteroatoms. The number of hydrogen-bond donors (Lipinski definition) is 1. The molecule has 0 aliphatic rings. The molecule has 0 unspecified atom stereocenters. The SMILES string of the molecule is CCOC(=O)CC(=S)NS(C)(=O)=O. The summed E-state index contributed by atoms with van der Waals surface area (Å²) in [6.45, 7) is 1.91. The van der Waals surface area contributed by atoms with Crippen molar-refractivity contribution in [1.82, 2.24) is 4.72 Å². The third kappa shape index (κ3) is 7.66. The Morgan fingerprint density at radius 2 is 2.08 bits per heavy atom. The van der Waals surface area contributed by atoms with E-state index in [0.29, 0.717) is 0 Å². The summed E-state index contributed by atoms with van der Waals surface area (Å²) in [5.41, 5.74) is 0. The lowest BCUT2D eigenvalue weighted by atomic mass is 10.4. The molecule has 0 amide bonds. The summed E-state index contributed by atoms with van der Waals surface area (Å²) in [5.74, 6) is -0.538. The number of carbonyl (C=O) groups is 1. The lowest BCUT2D eigenvalue weighted by Crippen LogP contribution is -2.29. The molecule has 0 atom stereocenters. The minimum atomic E-state index is -3.38. The van der Waals surface area contributed by atoms with E-state index in [1.54, 1.807) is 6.92 Å². The molecule has 0 bridgehead atoms. The van der Waals surface area contributed by atoms with Crippen LogP contribution in [-0.2, 0) is 19.6 Å². The maximum Gasteiger partial charge on any atom is 0.312 e. The largest absolute Gasteiger partial charge is 0.466 e. The number of rotatable bonds is 4. The van der Waals surface area contributed by atoms with Crippen LogP contribution in [0.4, 0.5) is 0 Å². The van der Waals surface area contributed by atoms with Crippen LogP contribution in [0.2, 0.25) is 0 Å². The number of hydrogen-bond acceptors (Lipinski definition) is 5. The van der Waals surface area contributed by atoms with Crippen molar-refractivity contribution >= 4 is 33.2 Å². The molecule has 0 spiro atoms. The average Bonchev–Trinajstić information content (AvgIpc) is 1.81. The van der Waals surface area contributed by atoms with E-state index in [-0.39, 0.29) is 18.0 Å². The molecular formula is C6H11NO4S2. The van der Waals surface area contributed by atoms with Crippen molar-refractivity contribution in [2.45, 2.75) is 13.3 Å². The van der Waals surface area contributed by atoms with Crippen LogP contribution >= 0.6 is 12.2 Å². The summed E-state index contributed by atoms with van der Waals surface area (Å²) < 4.78 is 27.8. The van der Waals surface area contributed by atoms with Gasteiger partial charge in [0.05, 0.1) is 19.3 Å². The number of carbonyl (C=O) groups excluding carboxylic acids is 1. The molecule has 0 aliphatic carbocycles. The van der Waals surface area contributed by atoms with E-state index in [0.717, 1.165) is 6.26 Å². The van der Waals surface area contributed by atoms with Crippen molar-refractivity contribution in [2.75, 3.05) is 12.9 Å². The summed E-state index contributed by atoms with van der Waals surface area (Å²) >= 11 is 4.60. The van der Waals surface area contributed by atoms with Crippen LogP contribution in [0, 0.1) is 0 Å². The van der Waals surface area contributed by atoms with E-state index in [9.17, 15) is 13.2 Å². The van der Waals surface area contributed by atoms with Crippen LogP contribution in [-0.4, -0.2) is 32.2 Å². The number of thiocarbonyl (C=S) groups is 1. The normalized spacial score (nSPS) is 10.6. The number of nitrogens with one attached hydrogen (secondary N) is 1. The molecule has 0 saturated carbocycles. The molecule has 0 radical (unpaired) electrons. The smallest absolute Gasteiger partial charge is 0.312 e. The zero-order valence-corrected chi connectivity index (χ0v) is 9.00. The van der Waals surface area contributed by atoms with Crippen LogP contribution in [0.25, 0.3) is 0 Å². The Kier molecular flexibility index (Phi) is 4.86. The summed E-state index contributed by atoms with van der Waals surface area (Å²) in [7, 11) is -3.38. The molecule has 5 nitrogen and oxygen atoms in total. The molecule has 0 aromatic rings. The zero-order chi connectivity index (χ0) is 10.5. The number of ether oxygens (including phenoxy) is 1. The molecule has 0 saturated heterocycles. The Bertz CT molecular complexity index is 296. The molecule has 0 aliphatic heterocycles. The fraction of sp³-hybridized carbons (Fsp3) is 0.667. The third-order valence-corrected chi connectivity index (χ3v) is 1.90. The zero-order valence-electron chi connectivity index (χ0n) is 7.36. The van der Waals surface area contributed by atoms with Crippen molar-refractivity contribution in [2.24, 2.45) is 0 Å². The van der Waals surface area contributed by atoms with E-state index in [1.807, 2.05) is 4.72 Å². The number of sulfonamides is 1. The maximum absolute atomic E-state index is 10.8. The highest BCUT2D eigenvalue weighted by molar-refractivity contribution is 7.91. The standard InChI is InChI=1S/C6H11NO4S2/c1-3-11-6(8)4-5(12)7-13(2,9)10/h3-4H2,1-2H3,(H,7,12). The van der Waals surface area contributed by atoms with Crippen LogP contribution < -0.4 is 4.72 Å². The molecule has 13 heavy (non-hydrogen) atoms. The predicted octanol–water partition coefficient (Wildman–Crippen LogP) is -0.184. The predicted molar refractivity (Wildman–Crippen MR) is 51.8 cm³/mol. The summed E-state index contributed by atoms with van der Waals surface area (Å²) in [6.07, 6.45) is 0.751. The van der Waals surface area contributed by atoms with Gasteiger partial charge in [-0.1, -0.05) is 12.2 Å². The van der Waals surface area contributed by atoms with E-state index < -0.39 is 16.0 Å². The monoisotopic (exact) mass is 225 g/mol. The Balaban J connectivity index is 3.96.